The molecule has 1 aromatic carbocycles. The second-order valence-corrected chi connectivity index (χ2v) is 7.06. The molecule has 3 N–H and O–H groups in total. The lowest BCUT2D eigenvalue weighted by Crippen LogP contribution is -2.31. The lowest BCUT2D eigenvalue weighted by molar-refractivity contribution is -0.120. The molecule has 3 rings (SSSR count). The van der Waals surface area contributed by atoms with Gasteiger partial charge in [-0.25, -0.2) is 8.60 Å². The van der Waals surface area contributed by atoms with E-state index < -0.39 is 11.3 Å². The van der Waals surface area contributed by atoms with Gasteiger partial charge >= 0.3 is 0 Å². The molecule has 1 aliphatic carbocycles. The van der Waals surface area contributed by atoms with Crippen LogP contribution in [0.25, 0.3) is 0 Å². The lowest BCUT2D eigenvalue weighted by Gasteiger charge is -2.27. The number of nitrogens with one attached hydrogen (secondary N) is 2. The molecule has 3 unspecified atom stereocenters. The van der Waals surface area contributed by atoms with Crippen molar-refractivity contribution in [1.82, 2.24) is 5.32 Å². The Balaban J connectivity index is 0.000000468. The Morgan fingerprint density at radius 1 is 1.28 bits per heavy atom. The van der Waals surface area contributed by atoms with Crippen LogP contribution >= 0.6 is 0 Å². The third-order valence-electron chi connectivity index (χ3n) is 4.33. The minimum atomic E-state index is -2.10. The molecule has 1 aromatic rings. The van der Waals surface area contributed by atoms with E-state index in [-0.39, 0.29) is 14.6 Å². The predicted molar refractivity (Wildman–Crippen MR) is 102 cm³/mol. The van der Waals surface area contributed by atoms with E-state index in [1.165, 1.54) is 23.8 Å². The number of benzene rings is 1. The Kier molecular flexibility index (Phi) is 6.50. The number of aryl methyl sites for hydroxylation is 1. The number of hydrogen-bond acceptors (Lipinski definition) is 2. The quantitative estimate of drug-likeness (QED) is 0.684. The van der Waals surface area contributed by atoms with Crippen LogP contribution in [0.4, 0.5) is 10.1 Å². The Hall–Kier alpha value is -1.99. The van der Waals surface area contributed by atoms with Gasteiger partial charge in [0.1, 0.15) is 5.82 Å². The average molecular weight is 370 g/mol. The maximum Gasteiger partial charge on any atom is 0.259 e. The van der Waals surface area contributed by atoms with Crippen LogP contribution in [0.15, 0.2) is 41.6 Å². The first-order valence-electron chi connectivity index (χ1n) is 8.12. The van der Waals surface area contributed by atoms with Crippen LogP contribution in [0.3, 0.4) is 0 Å². The van der Waals surface area contributed by atoms with Crippen LogP contribution < -0.4 is 10.0 Å². The number of anilines is 1. The Morgan fingerprint density at radius 3 is 2.60 bits per heavy atom. The second kappa shape index (κ2) is 8.40. The molecule has 0 radical (unpaired) electrons. The van der Waals surface area contributed by atoms with Crippen molar-refractivity contribution in [2.75, 3.05) is 4.72 Å². The van der Waals surface area contributed by atoms with Crippen molar-refractivity contribution in [3.8, 4) is 0 Å². The molecule has 5 nitrogen and oxygen atoms in total. The maximum absolute atomic E-state index is 12.7. The van der Waals surface area contributed by atoms with Crippen molar-refractivity contribution < 1.29 is 20.8 Å². The summed E-state index contributed by atoms with van der Waals surface area (Å²) in [5, 5.41) is 2.92. The third kappa shape index (κ3) is 5.51. The molecule has 1 amide bonds. The first-order valence-corrected chi connectivity index (χ1v) is 9.23. The first kappa shape index (κ1) is 19.3. The summed E-state index contributed by atoms with van der Waals surface area (Å²) in [5.74, 6) is 0.973. The van der Waals surface area contributed by atoms with Crippen molar-refractivity contribution in [1.29, 1.82) is 0 Å². The zero-order valence-electron chi connectivity index (χ0n) is 14.5. The van der Waals surface area contributed by atoms with Gasteiger partial charge in [0, 0.05) is 20.7 Å². The number of allylic oxidation sites excluding steroid dienone is 3. The molecule has 140 valence electrons. The van der Waals surface area contributed by atoms with Gasteiger partial charge in [-0.05, 0) is 54.5 Å². The Bertz CT molecular complexity index is 756. The van der Waals surface area contributed by atoms with Gasteiger partial charge in [-0.2, -0.15) is 0 Å². The summed E-state index contributed by atoms with van der Waals surface area (Å²) in [4.78, 5) is 11.1. The van der Waals surface area contributed by atoms with E-state index in [9.17, 15) is 13.4 Å². The fraction of sp³-hybridized carbons (Fsp3) is 0.389. The van der Waals surface area contributed by atoms with Crippen LogP contribution in [-0.4, -0.2) is 14.7 Å². The minimum absolute atomic E-state index is 0. The number of hydrogen-bond donors (Lipinski definition) is 3. The summed E-state index contributed by atoms with van der Waals surface area (Å²) in [6.45, 7) is 5.99. The van der Waals surface area contributed by atoms with Gasteiger partial charge in [0.05, 0.1) is 0 Å². The summed E-state index contributed by atoms with van der Waals surface area (Å²) >= 11 is -2.10. The standard InChI is InChI=1S/C11H15NO.C7H8FNO2S.2H2/c1-7-5-9-3-4-11(13)12-10(9)6-8(7)2;1-5-4-6(9-12(10)11)2-3-7(5)8;;/h5-8H,3-4H2,1-2H3,(H,12,13);2-4,9H,1H3,(H,10,11);2*1H. The summed E-state index contributed by atoms with van der Waals surface area (Å²) in [7, 11) is 0. The molecule has 2 aliphatic rings. The van der Waals surface area contributed by atoms with Gasteiger partial charge in [0.15, 0.2) is 0 Å². The van der Waals surface area contributed by atoms with Crippen LogP contribution in [-0.2, 0) is 16.1 Å². The van der Waals surface area contributed by atoms with Crippen molar-refractivity contribution in [3.63, 3.8) is 0 Å². The van der Waals surface area contributed by atoms with Gasteiger partial charge in [-0.1, -0.05) is 26.0 Å². The Morgan fingerprint density at radius 2 is 1.96 bits per heavy atom. The molecular formula is C18H27FN2O3S. The van der Waals surface area contributed by atoms with E-state index in [2.05, 4.69) is 36.0 Å². The first-order chi connectivity index (χ1) is 11.8. The molecule has 0 saturated carbocycles. The van der Waals surface area contributed by atoms with Crippen LogP contribution in [0.1, 0.15) is 35.1 Å². The number of halogens is 1. The normalized spacial score (nSPS) is 23.2. The molecule has 1 saturated heterocycles. The van der Waals surface area contributed by atoms with Gasteiger partial charge < -0.3 is 5.32 Å². The smallest absolute Gasteiger partial charge is 0.259 e. The third-order valence-corrected chi connectivity index (χ3v) is 4.74. The van der Waals surface area contributed by atoms with E-state index in [1.807, 2.05) is 0 Å². The highest BCUT2D eigenvalue weighted by Crippen LogP contribution is 2.30. The highest BCUT2D eigenvalue weighted by atomic mass is 32.2. The maximum atomic E-state index is 12.7. The second-order valence-electron chi connectivity index (χ2n) is 6.35. The van der Waals surface area contributed by atoms with Crippen LogP contribution in [0, 0.1) is 24.6 Å². The molecule has 3 atom stereocenters. The Labute approximate surface area is 152 Å². The van der Waals surface area contributed by atoms with E-state index in [0.29, 0.717) is 29.5 Å². The van der Waals surface area contributed by atoms with E-state index in [4.69, 9.17) is 4.55 Å². The lowest BCUT2D eigenvalue weighted by atomic mass is 9.84. The predicted octanol–water partition coefficient (Wildman–Crippen LogP) is 4.17. The number of carbonyl (C=O) groups excluding carboxylic acids is 1. The fourth-order valence-corrected chi connectivity index (χ4v) is 3.02. The summed E-state index contributed by atoms with van der Waals surface area (Å²) < 4.78 is 33.6. The molecule has 0 bridgehead atoms. The largest absolute Gasteiger partial charge is 0.326 e. The highest BCUT2D eigenvalue weighted by Gasteiger charge is 2.23. The summed E-state index contributed by atoms with van der Waals surface area (Å²) in [5.41, 5.74) is 3.24. The molecule has 1 fully saturated rings. The van der Waals surface area contributed by atoms with Gasteiger partial charge in [0.2, 0.25) is 5.91 Å². The molecule has 1 aliphatic heterocycles. The van der Waals surface area contributed by atoms with Gasteiger partial charge in [-0.15, -0.1) is 0 Å². The number of piperidine rings is 1. The summed E-state index contributed by atoms with van der Waals surface area (Å²) in [6, 6.07) is 4.10. The number of fused-ring (bicyclic) bond motifs is 1. The van der Waals surface area contributed by atoms with E-state index >= 15 is 0 Å². The summed E-state index contributed by atoms with van der Waals surface area (Å²) in [6.07, 6.45) is 6.02. The van der Waals surface area contributed by atoms with Gasteiger partial charge in [-0.3, -0.25) is 14.1 Å². The topological polar surface area (TPSA) is 78.4 Å². The molecule has 25 heavy (non-hydrogen) atoms. The SMILES string of the molecule is CC1C=C2CCC(=O)NC2=CC1C.Cc1cc(NS(=O)O)ccc1F.[HH].[HH]. The zero-order chi connectivity index (χ0) is 18.6. The zero-order valence-corrected chi connectivity index (χ0v) is 15.3. The van der Waals surface area contributed by atoms with Crippen LogP contribution in [0.2, 0.25) is 0 Å². The fourth-order valence-electron chi connectivity index (χ4n) is 2.69. The molecule has 7 heteroatoms. The van der Waals surface area contributed by atoms with E-state index in [0.717, 1.165) is 12.1 Å². The monoisotopic (exact) mass is 370 g/mol. The van der Waals surface area contributed by atoms with E-state index in [1.54, 1.807) is 6.92 Å². The van der Waals surface area contributed by atoms with Gasteiger partial charge in [0.25, 0.3) is 11.3 Å². The van der Waals surface area contributed by atoms with Crippen molar-refractivity contribution in [3.05, 3.63) is 53.0 Å². The molecule has 1 heterocycles. The molecular weight excluding hydrogens is 343 g/mol. The number of amides is 1. The number of carbonyl (C=O) groups is 1. The van der Waals surface area contributed by atoms with Crippen molar-refractivity contribution in [2.24, 2.45) is 11.8 Å². The molecule has 0 spiro atoms. The molecule has 0 aromatic heterocycles. The van der Waals surface area contributed by atoms with Crippen molar-refractivity contribution >= 4 is 22.9 Å². The van der Waals surface area contributed by atoms with Crippen molar-refractivity contribution in [2.45, 2.75) is 33.6 Å². The average Bonchev–Trinajstić information content (AvgIpc) is 2.53. The highest BCUT2D eigenvalue weighted by molar-refractivity contribution is 7.80. The minimum Gasteiger partial charge on any atom is -0.326 e. The number of rotatable bonds is 2. The van der Waals surface area contributed by atoms with Crippen LogP contribution in [0.5, 0.6) is 0 Å².